The number of esters is 1. The molecule has 0 spiro atoms. The van der Waals surface area contributed by atoms with Gasteiger partial charge in [-0.3, -0.25) is 14.9 Å². The molecule has 0 aliphatic heterocycles. The van der Waals surface area contributed by atoms with E-state index in [0.717, 1.165) is 0 Å². The van der Waals surface area contributed by atoms with Crippen molar-refractivity contribution in [3.63, 3.8) is 0 Å². The number of nitro groups is 1. The van der Waals surface area contributed by atoms with Crippen molar-refractivity contribution in [1.82, 2.24) is 5.43 Å². The average Bonchev–Trinajstić information content (AvgIpc) is 2.75. The quantitative estimate of drug-likeness (QED) is 0.210. The number of nitrogens with one attached hydrogen (secondary N) is 1. The topological polar surface area (TPSA) is 111 Å². The summed E-state index contributed by atoms with van der Waals surface area (Å²) in [6, 6.07) is 18.0. The average molecular weight is 424 g/mol. The number of para-hydroxylation sites is 1. The Labute approximate surface area is 175 Å². The van der Waals surface area contributed by atoms with Crippen LogP contribution in [0.25, 0.3) is 0 Å². The summed E-state index contributed by atoms with van der Waals surface area (Å²) < 4.78 is 5.40. The van der Waals surface area contributed by atoms with Crippen LogP contribution >= 0.6 is 11.6 Å². The van der Waals surface area contributed by atoms with E-state index in [9.17, 15) is 19.7 Å². The predicted molar refractivity (Wildman–Crippen MR) is 111 cm³/mol. The number of non-ortho nitro benzene ring substituents is 1. The van der Waals surface area contributed by atoms with Gasteiger partial charge in [-0.2, -0.15) is 5.10 Å². The first-order valence-electron chi connectivity index (χ1n) is 8.58. The van der Waals surface area contributed by atoms with Crippen molar-refractivity contribution < 1.29 is 19.2 Å². The smallest absolute Gasteiger partial charge is 0.343 e. The van der Waals surface area contributed by atoms with E-state index in [1.54, 1.807) is 48.5 Å². The molecule has 0 saturated carbocycles. The number of rotatable bonds is 6. The third-order valence-corrected chi connectivity index (χ3v) is 4.16. The second-order valence-electron chi connectivity index (χ2n) is 5.94. The molecule has 0 aromatic heterocycles. The number of hydrogen-bond acceptors (Lipinski definition) is 6. The van der Waals surface area contributed by atoms with Crippen molar-refractivity contribution in [3.05, 3.63) is 105 Å². The maximum Gasteiger partial charge on any atom is 0.343 e. The lowest BCUT2D eigenvalue weighted by Crippen LogP contribution is -2.17. The minimum Gasteiger partial charge on any atom is -0.422 e. The fourth-order valence-corrected chi connectivity index (χ4v) is 2.51. The predicted octanol–water partition coefficient (Wildman–Crippen LogP) is 4.23. The molecule has 8 nitrogen and oxygen atoms in total. The molecule has 30 heavy (non-hydrogen) atoms. The number of halogens is 1. The Morgan fingerprint density at radius 3 is 2.27 bits per heavy atom. The summed E-state index contributed by atoms with van der Waals surface area (Å²) in [5.41, 5.74) is 3.20. The second kappa shape index (κ2) is 9.44. The lowest BCUT2D eigenvalue weighted by atomic mass is 10.2. The van der Waals surface area contributed by atoms with Crippen LogP contribution in [0.5, 0.6) is 5.75 Å². The van der Waals surface area contributed by atoms with Crippen LogP contribution in [-0.4, -0.2) is 23.0 Å². The van der Waals surface area contributed by atoms with Crippen LogP contribution in [0.4, 0.5) is 5.69 Å². The van der Waals surface area contributed by atoms with Crippen LogP contribution in [0.1, 0.15) is 26.3 Å². The van der Waals surface area contributed by atoms with E-state index in [1.807, 2.05) is 0 Å². The van der Waals surface area contributed by atoms with Crippen molar-refractivity contribution in [2.45, 2.75) is 0 Å². The summed E-state index contributed by atoms with van der Waals surface area (Å²) >= 11 is 5.82. The van der Waals surface area contributed by atoms with Crippen LogP contribution in [0, 0.1) is 10.1 Å². The number of amides is 1. The first-order chi connectivity index (χ1) is 14.4. The van der Waals surface area contributed by atoms with Gasteiger partial charge in [-0.1, -0.05) is 23.7 Å². The Bertz CT molecular complexity index is 1110. The highest BCUT2D eigenvalue weighted by Crippen LogP contribution is 2.18. The molecule has 150 valence electrons. The third-order valence-electron chi connectivity index (χ3n) is 3.91. The molecule has 0 fully saturated rings. The molecule has 1 amide bonds. The van der Waals surface area contributed by atoms with Crippen LogP contribution in [0.15, 0.2) is 77.9 Å². The van der Waals surface area contributed by atoms with E-state index < -0.39 is 16.8 Å². The normalized spacial score (nSPS) is 10.6. The summed E-state index contributed by atoms with van der Waals surface area (Å²) in [5, 5.41) is 15.0. The zero-order chi connectivity index (χ0) is 21.5. The number of nitro benzene ring substituents is 1. The molecule has 0 aliphatic rings. The molecule has 0 unspecified atom stereocenters. The molecular weight excluding hydrogens is 410 g/mol. The van der Waals surface area contributed by atoms with Crippen LogP contribution < -0.4 is 10.2 Å². The van der Waals surface area contributed by atoms with Crippen LogP contribution in [0.3, 0.4) is 0 Å². The molecule has 9 heteroatoms. The van der Waals surface area contributed by atoms with E-state index in [0.29, 0.717) is 16.1 Å². The Morgan fingerprint density at radius 1 is 0.967 bits per heavy atom. The van der Waals surface area contributed by atoms with Crippen LogP contribution in [-0.2, 0) is 0 Å². The number of carbonyl (C=O) groups excluding carboxylic acids is 2. The molecule has 0 aliphatic carbocycles. The van der Waals surface area contributed by atoms with Gasteiger partial charge < -0.3 is 4.74 Å². The zero-order valence-corrected chi connectivity index (χ0v) is 16.1. The first kappa shape index (κ1) is 20.7. The maximum absolute atomic E-state index is 12.3. The van der Waals surface area contributed by atoms with Gasteiger partial charge in [0, 0.05) is 28.3 Å². The van der Waals surface area contributed by atoms with Crippen LogP contribution in [0.2, 0.25) is 5.02 Å². The summed E-state index contributed by atoms with van der Waals surface area (Å²) in [6.45, 7) is 0. The van der Waals surface area contributed by atoms with Gasteiger partial charge >= 0.3 is 5.97 Å². The summed E-state index contributed by atoms with van der Waals surface area (Å²) in [7, 11) is 0. The van der Waals surface area contributed by atoms with Gasteiger partial charge in [0.25, 0.3) is 11.6 Å². The highest BCUT2D eigenvalue weighted by atomic mass is 35.5. The van der Waals surface area contributed by atoms with E-state index >= 15 is 0 Å². The lowest BCUT2D eigenvalue weighted by Gasteiger charge is -2.07. The highest BCUT2D eigenvalue weighted by Gasteiger charge is 2.11. The molecule has 3 aromatic rings. The number of hydrogen-bond donors (Lipinski definition) is 1. The number of benzene rings is 3. The standard InChI is InChI=1S/C21H14ClN3O5/c22-17-9-5-15(6-10-17)21(27)30-19-4-2-1-3-16(19)13-23-24-20(26)14-7-11-18(12-8-14)25(28)29/h1-13H,(H,24,26)/b23-13+. The Balaban J connectivity index is 1.67. The molecule has 0 atom stereocenters. The summed E-state index contributed by atoms with van der Waals surface area (Å²) in [6.07, 6.45) is 1.33. The largest absolute Gasteiger partial charge is 0.422 e. The monoisotopic (exact) mass is 423 g/mol. The maximum atomic E-state index is 12.3. The van der Waals surface area contributed by atoms with Gasteiger partial charge in [0.15, 0.2) is 0 Å². The Hall–Kier alpha value is -4.04. The van der Waals surface area contributed by atoms with E-state index in [1.165, 1.54) is 30.5 Å². The molecule has 1 N–H and O–H groups in total. The molecule has 0 saturated heterocycles. The minimum absolute atomic E-state index is 0.119. The fourth-order valence-electron chi connectivity index (χ4n) is 2.38. The summed E-state index contributed by atoms with van der Waals surface area (Å²) in [5.74, 6) is -0.856. The zero-order valence-electron chi connectivity index (χ0n) is 15.3. The minimum atomic E-state index is -0.567. The molecule has 0 bridgehead atoms. The van der Waals surface area contributed by atoms with Crippen molar-refractivity contribution in [2.75, 3.05) is 0 Å². The second-order valence-corrected chi connectivity index (χ2v) is 6.37. The SMILES string of the molecule is O=C(N/N=C/c1ccccc1OC(=O)c1ccc(Cl)cc1)c1ccc([N+](=O)[O-])cc1. The molecule has 3 rings (SSSR count). The van der Waals surface area contributed by atoms with Gasteiger partial charge in [-0.25, -0.2) is 10.2 Å². The first-order valence-corrected chi connectivity index (χ1v) is 8.96. The Kier molecular flexibility index (Phi) is 6.51. The van der Waals surface area contributed by atoms with Gasteiger partial charge in [-0.05, 0) is 48.5 Å². The van der Waals surface area contributed by atoms with Gasteiger partial charge in [-0.15, -0.1) is 0 Å². The third kappa shape index (κ3) is 5.27. The van der Waals surface area contributed by atoms with Gasteiger partial charge in [0.2, 0.25) is 0 Å². The highest BCUT2D eigenvalue weighted by molar-refractivity contribution is 6.30. The van der Waals surface area contributed by atoms with Gasteiger partial charge in [0.05, 0.1) is 16.7 Å². The van der Waals surface area contributed by atoms with E-state index in [2.05, 4.69) is 10.5 Å². The molecule has 0 radical (unpaired) electrons. The fraction of sp³-hybridized carbons (Fsp3) is 0. The molecular formula is C21H14ClN3O5. The van der Waals surface area contributed by atoms with E-state index in [4.69, 9.17) is 16.3 Å². The Morgan fingerprint density at radius 2 is 1.60 bits per heavy atom. The van der Waals surface area contributed by atoms with Gasteiger partial charge in [0.1, 0.15) is 5.75 Å². The number of nitrogens with zero attached hydrogens (tertiary/aromatic N) is 2. The molecule has 0 heterocycles. The molecule has 3 aromatic carbocycles. The number of ether oxygens (including phenoxy) is 1. The lowest BCUT2D eigenvalue weighted by molar-refractivity contribution is -0.384. The van der Waals surface area contributed by atoms with Crippen molar-refractivity contribution in [2.24, 2.45) is 5.10 Å². The van der Waals surface area contributed by atoms with Crippen molar-refractivity contribution in [1.29, 1.82) is 0 Å². The van der Waals surface area contributed by atoms with Crippen molar-refractivity contribution >= 4 is 35.4 Å². The number of hydrazone groups is 1. The number of carbonyl (C=O) groups is 2. The van der Waals surface area contributed by atoms with Crippen molar-refractivity contribution in [3.8, 4) is 5.75 Å². The van der Waals surface area contributed by atoms with E-state index in [-0.39, 0.29) is 17.0 Å². The summed E-state index contributed by atoms with van der Waals surface area (Å²) in [4.78, 5) is 34.5.